The van der Waals surface area contributed by atoms with Crippen LogP contribution in [0.2, 0.25) is 0 Å². The van der Waals surface area contributed by atoms with Gasteiger partial charge in [-0.1, -0.05) is 6.07 Å². The van der Waals surface area contributed by atoms with Crippen molar-refractivity contribution in [3.05, 3.63) is 81.7 Å². The smallest absolute Gasteiger partial charge is 0.311 e. The lowest BCUT2D eigenvalue weighted by Crippen LogP contribution is -2.33. The molecule has 1 amide bonds. The average Bonchev–Trinajstić information content (AvgIpc) is 3.96. The Morgan fingerprint density at radius 3 is 2.57 bits per heavy atom. The molecule has 234 valence electrons. The van der Waals surface area contributed by atoms with E-state index in [2.05, 4.69) is 26.5 Å². The van der Waals surface area contributed by atoms with Crippen LogP contribution >= 0.6 is 0 Å². The maximum absolute atomic E-state index is 13.8. The fourth-order valence-corrected chi connectivity index (χ4v) is 7.16. The summed E-state index contributed by atoms with van der Waals surface area (Å²) in [7, 11) is 0. The van der Waals surface area contributed by atoms with Gasteiger partial charge in [-0.05, 0) is 97.9 Å². The van der Waals surface area contributed by atoms with Gasteiger partial charge in [0.15, 0.2) is 5.82 Å². The third-order valence-corrected chi connectivity index (χ3v) is 9.76. The molecule has 3 aromatic heterocycles. The number of amides is 1. The molecule has 0 spiro atoms. The molecule has 1 aliphatic heterocycles. The summed E-state index contributed by atoms with van der Waals surface area (Å²) in [6, 6.07) is 12.8. The second kappa shape index (κ2) is 11.2. The molecule has 3 saturated carbocycles. The van der Waals surface area contributed by atoms with Gasteiger partial charge in [-0.15, -0.1) is 10.2 Å². The summed E-state index contributed by atoms with van der Waals surface area (Å²) in [5, 5.41) is 20.1. The number of carbonyl (C=O) groups excluding carboxylic acids is 1. The van der Waals surface area contributed by atoms with E-state index in [0.29, 0.717) is 33.8 Å². The van der Waals surface area contributed by atoms with Crippen molar-refractivity contribution >= 4 is 11.7 Å². The maximum atomic E-state index is 13.8. The van der Waals surface area contributed by atoms with Gasteiger partial charge < -0.3 is 9.88 Å². The number of rotatable bonds is 9. The summed E-state index contributed by atoms with van der Waals surface area (Å²) in [6.45, 7) is -1.12. The van der Waals surface area contributed by atoms with E-state index in [-0.39, 0.29) is 40.3 Å². The molecular weight excluding hydrogens is 590 g/mol. The van der Waals surface area contributed by atoms with Gasteiger partial charge in [0, 0.05) is 48.5 Å². The summed E-state index contributed by atoms with van der Waals surface area (Å²) in [4.78, 5) is 34.6. The Hall–Kier alpha value is -4.76. The Labute approximate surface area is 263 Å². The van der Waals surface area contributed by atoms with Crippen molar-refractivity contribution in [2.75, 3.05) is 11.9 Å². The second-order valence-corrected chi connectivity index (χ2v) is 13.1. The van der Waals surface area contributed by atoms with Crippen molar-refractivity contribution in [3.8, 4) is 28.6 Å². The molecule has 1 aromatic carbocycles. The first-order chi connectivity index (χ1) is 22.3. The van der Waals surface area contributed by atoms with Crippen LogP contribution in [0.1, 0.15) is 90.6 Å². The number of benzene rings is 1. The van der Waals surface area contributed by atoms with Crippen LogP contribution in [0.3, 0.4) is 0 Å². The van der Waals surface area contributed by atoms with E-state index < -0.39 is 12.5 Å². The van der Waals surface area contributed by atoms with Crippen LogP contribution < -0.4 is 10.9 Å². The highest BCUT2D eigenvalue weighted by Crippen LogP contribution is 2.43. The van der Waals surface area contributed by atoms with Crippen LogP contribution in [0, 0.1) is 17.2 Å². The van der Waals surface area contributed by atoms with Gasteiger partial charge in [0.25, 0.3) is 11.5 Å². The number of carbonyl (C=O) groups is 1. The van der Waals surface area contributed by atoms with Gasteiger partial charge >= 0.3 is 6.55 Å². The van der Waals surface area contributed by atoms with Crippen LogP contribution in [-0.2, 0) is 6.54 Å². The van der Waals surface area contributed by atoms with E-state index >= 15 is 0 Å². The van der Waals surface area contributed by atoms with Gasteiger partial charge in [-0.25, -0.2) is 4.98 Å². The average molecular weight is 623 g/mol. The normalized spacial score (nSPS) is 20.7. The van der Waals surface area contributed by atoms with Crippen LogP contribution in [0.25, 0.3) is 22.5 Å². The molecule has 4 aromatic rings. The molecule has 2 bridgehead atoms. The summed E-state index contributed by atoms with van der Waals surface area (Å²) in [5.74, 6) is 0.585. The van der Waals surface area contributed by atoms with Gasteiger partial charge in [0.05, 0.1) is 11.6 Å². The molecule has 3 aliphatic carbocycles. The molecule has 2 atom stereocenters. The number of nitrogens with one attached hydrogen (secondary N) is 1. The fraction of sp³-hybridized carbons (Fsp3) is 0.412. The Morgan fingerprint density at radius 2 is 1.87 bits per heavy atom. The first-order valence-corrected chi connectivity index (χ1v) is 15.9. The minimum atomic E-state index is -2.88. The van der Waals surface area contributed by atoms with Crippen molar-refractivity contribution in [1.29, 1.82) is 5.26 Å². The molecule has 1 saturated heterocycles. The minimum Gasteiger partial charge on any atom is -0.311 e. The van der Waals surface area contributed by atoms with Crippen molar-refractivity contribution in [2.45, 2.75) is 76.0 Å². The number of piperidine rings is 1. The van der Waals surface area contributed by atoms with Gasteiger partial charge in [-0.3, -0.25) is 19.1 Å². The SMILES string of the molecule is N#Cc1ccc(-c2cc(NC(=O)c3cc(CN4C[C@H]5CC[C@@H]4C5)cn(C4CC4)c3=O)nc(C3CC3)c2)c(-c2nncn2C(F)F)c1. The van der Waals surface area contributed by atoms with Crippen molar-refractivity contribution in [2.24, 2.45) is 5.92 Å². The monoisotopic (exact) mass is 622 g/mol. The van der Waals surface area contributed by atoms with Crippen molar-refractivity contribution in [1.82, 2.24) is 29.2 Å². The molecular formula is C34H32F2N8O2. The number of anilines is 1. The molecule has 0 unspecified atom stereocenters. The van der Waals surface area contributed by atoms with E-state index in [0.717, 1.165) is 55.7 Å². The number of likely N-dealkylation sites (tertiary alicyclic amines) is 1. The van der Waals surface area contributed by atoms with Crippen molar-refractivity contribution in [3.63, 3.8) is 0 Å². The number of pyridine rings is 2. The van der Waals surface area contributed by atoms with Crippen LogP contribution in [0.15, 0.2) is 53.7 Å². The van der Waals surface area contributed by atoms with Crippen LogP contribution in [0.4, 0.5) is 14.6 Å². The molecule has 10 nitrogen and oxygen atoms in total. The molecule has 46 heavy (non-hydrogen) atoms. The van der Waals surface area contributed by atoms with Gasteiger partial charge in [0.2, 0.25) is 0 Å². The van der Waals surface area contributed by atoms with E-state index in [9.17, 15) is 23.6 Å². The number of hydrogen-bond donors (Lipinski definition) is 1. The molecule has 0 radical (unpaired) electrons. The quantitative estimate of drug-likeness (QED) is 0.247. The van der Waals surface area contributed by atoms with E-state index in [1.165, 1.54) is 25.3 Å². The zero-order chi connectivity index (χ0) is 31.5. The molecule has 4 aliphatic rings. The number of nitrogens with zero attached hydrogens (tertiary/aromatic N) is 7. The van der Waals surface area contributed by atoms with Gasteiger partial charge in [-0.2, -0.15) is 14.0 Å². The predicted molar refractivity (Wildman–Crippen MR) is 165 cm³/mol. The number of alkyl halides is 2. The van der Waals surface area contributed by atoms with E-state index in [1.54, 1.807) is 28.8 Å². The first kappa shape index (κ1) is 28.7. The molecule has 4 fully saturated rings. The third kappa shape index (κ3) is 5.38. The molecule has 8 rings (SSSR count). The Balaban J connectivity index is 1.15. The lowest BCUT2D eigenvalue weighted by molar-refractivity contribution is 0.0716. The van der Waals surface area contributed by atoms with Crippen LogP contribution in [-0.4, -0.2) is 47.7 Å². The third-order valence-electron chi connectivity index (χ3n) is 9.76. The topological polar surface area (TPSA) is 122 Å². The number of hydrogen-bond acceptors (Lipinski definition) is 7. The minimum absolute atomic E-state index is 0.0815. The Morgan fingerprint density at radius 1 is 1.04 bits per heavy atom. The van der Waals surface area contributed by atoms with Crippen LogP contribution in [0.5, 0.6) is 0 Å². The fourth-order valence-electron chi connectivity index (χ4n) is 7.16. The predicted octanol–water partition coefficient (Wildman–Crippen LogP) is 5.88. The van der Waals surface area contributed by atoms with E-state index in [1.807, 2.05) is 12.3 Å². The Kier molecular flexibility index (Phi) is 7.01. The number of fused-ring (bicyclic) bond motifs is 2. The zero-order valence-electron chi connectivity index (χ0n) is 25.1. The maximum Gasteiger partial charge on any atom is 0.321 e. The summed E-state index contributed by atoms with van der Waals surface area (Å²) >= 11 is 0. The lowest BCUT2D eigenvalue weighted by atomic mass is 9.96. The zero-order valence-corrected chi connectivity index (χ0v) is 25.1. The van der Waals surface area contributed by atoms with E-state index in [4.69, 9.17) is 4.98 Å². The summed E-state index contributed by atoms with van der Waals surface area (Å²) in [5.41, 5.74) is 3.21. The van der Waals surface area contributed by atoms with Crippen molar-refractivity contribution < 1.29 is 13.6 Å². The number of nitriles is 1. The highest BCUT2D eigenvalue weighted by atomic mass is 19.3. The van der Waals surface area contributed by atoms with Gasteiger partial charge in [0.1, 0.15) is 17.7 Å². The highest BCUT2D eigenvalue weighted by Gasteiger charge is 2.38. The number of halogens is 2. The lowest BCUT2D eigenvalue weighted by Gasteiger charge is -2.27. The largest absolute Gasteiger partial charge is 0.321 e. The summed E-state index contributed by atoms with van der Waals surface area (Å²) < 4.78 is 30.0. The molecule has 12 heteroatoms. The number of aromatic nitrogens is 5. The molecule has 1 N–H and O–H groups in total. The molecule has 4 heterocycles. The Bertz CT molecular complexity index is 1960. The standard InChI is InChI=1S/C34H32F2N8O2/c35-34(36)44-18-38-41-31(44)27-10-19(14-37)2-8-26(27)23-12-29(22-3-4-22)39-30(13-23)40-32(45)28-11-21(17-43(33(28)46)24-6-7-24)16-42-15-20-1-5-25(42)9-20/h2,8,10-13,17-18,20,22,24-25,34H,1,3-7,9,15-16H2,(H,39,40,45)/t20-,25+/m0/s1. The summed E-state index contributed by atoms with van der Waals surface area (Å²) in [6.07, 6.45) is 10.3. The second-order valence-electron chi connectivity index (χ2n) is 13.1. The highest BCUT2D eigenvalue weighted by molar-refractivity contribution is 6.04. The first-order valence-electron chi connectivity index (χ1n) is 15.9.